The summed E-state index contributed by atoms with van der Waals surface area (Å²) in [5.41, 5.74) is 7.32. The van der Waals surface area contributed by atoms with E-state index in [1.54, 1.807) is 0 Å². The largest absolute Gasteiger partial charge is 0.445 e. The molecule has 1 aromatic rings. The third-order valence-corrected chi connectivity index (χ3v) is 4.62. The van der Waals surface area contributed by atoms with Gasteiger partial charge in [-0.15, -0.1) is 5.53 Å². The monoisotopic (exact) mass is 374 g/mol. The zero-order valence-electron chi connectivity index (χ0n) is 15.2. The Balaban J connectivity index is 1.53. The number of hydrogen-bond donors (Lipinski definition) is 3. The highest BCUT2D eigenvalue weighted by Crippen LogP contribution is 2.28. The number of amides is 3. The molecule has 0 saturated carbocycles. The summed E-state index contributed by atoms with van der Waals surface area (Å²) in [6.07, 6.45) is 5.09. The zero-order chi connectivity index (χ0) is 19.6. The normalized spacial score (nSPS) is 18.9. The van der Waals surface area contributed by atoms with Gasteiger partial charge >= 0.3 is 12.1 Å². The molecule has 1 aliphatic carbocycles. The predicted octanol–water partition coefficient (Wildman–Crippen LogP) is 1.80. The second-order valence-corrected chi connectivity index (χ2v) is 6.60. The Hall–Kier alpha value is -3.14. The number of aromatic nitrogens is 2. The lowest BCUT2D eigenvalue weighted by Gasteiger charge is -2.25. The van der Waals surface area contributed by atoms with E-state index in [-0.39, 0.29) is 18.1 Å². The summed E-state index contributed by atoms with van der Waals surface area (Å²) in [5.74, 6) is -0.149. The van der Waals surface area contributed by atoms with E-state index >= 15 is 0 Å². The molecular formula is C17H22N6O4. The Morgan fingerprint density at radius 3 is 2.93 bits per heavy atom. The fourth-order valence-electron chi connectivity index (χ4n) is 2.94. The average molecular weight is 374 g/mol. The van der Waals surface area contributed by atoms with Gasteiger partial charge in [0.2, 0.25) is 0 Å². The van der Waals surface area contributed by atoms with Crippen molar-refractivity contribution in [3.63, 3.8) is 0 Å². The van der Waals surface area contributed by atoms with Gasteiger partial charge in [0, 0.05) is 7.05 Å². The van der Waals surface area contributed by atoms with Gasteiger partial charge in [0.25, 0.3) is 5.91 Å². The van der Waals surface area contributed by atoms with Crippen molar-refractivity contribution in [3.05, 3.63) is 35.8 Å². The first-order valence-electron chi connectivity index (χ1n) is 8.55. The highest BCUT2D eigenvalue weighted by Gasteiger charge is 2.28. The number of alkyl carbamates (subject to hydrolysis) is 1. The van der Waals surface area contributed by atoms with Crippen molar-refractivity contribution in [1.82, 2.24) is 25.4 Å². The Labute approximate surface area is 156 Å². The molecule has 3 amide bonds. The quantitative estimate of drug-likeness (QED) is 0.688. The smallest absolute Gasteiger partial charge is 0.414 e. The minimum Gasteiger partial charge on any atom is -0.445 e. The molecule has 0 spiro atoms. The molecule has 0 radical (unpaired) electrons. The van der Waals surface area contributed by atoms with Gasteiger partial charge in [0.1, 0.15) is 12.9 Å². The van der Waals surface area contributed by atoms with Gasteiger partial charge in [-0.2, -0.15) is 0 Å². The fraction of sp³-hybridized carbons (Fsp3) is 0.412. The van der Waals surface area contributed by atoms with Crippen LogP contribution in [0.2, 0.25) is 0 Å². The topological polar surface area (TPSA) is 118 Å². The fourth-order valence-corrected chi connectivity index (χ4v) is 2.94. The lowest BCUT2D eigenvalue weighted by atomic mass is 9.86. The highest BCUT2D eigenvalue weighted by molar-refractivity contribution is 6.05. The van der Waals surface area contributed by atoms with Crippen molar-refractivity contribution in [2.75, 3.05) is 19.1 Å². The highest BCUT2D eigenvalue weighted by atomic mass is 16.5. The summed E-state index contributed by atoms with van der Waals surface area (Å²) >= 11 is 0. The summed E-state index contributed by atoms with van der Waals surface area (Å²) in [5, 5.41) is 3.30. The van der Waals surface area contributed by atoms with Crippen LogP contribution in [-0.2, 0) is 4.74 Å². The second-order valence-electron chi connectivity index (χ2n) is 6.60. The molecule has 0 fully saturated rings. The maximum Gasteiger partial charge on any atom is 0.414 e. The van der Waals surface area contributed by atoms with Crippen LogP contribution in [0, 0.1) is 5.92 Å². The summed E-state index contributed by atoms with van der Waals surface area (Å²) < 4.78 is 6.28. The van der Waals surface area contributed by atoms with Crippen LogP contribution in [0.1, 0.15) is 36.7 Å². The van der Waals surface area contributed by atoms with Crippen LogP contribution < -0.4 is 16.3 Å². The van der Waals surface area contributed by atoms with Crippen LogP contribution in [-0.4, -0.2) is 46.2 Å². The van der Waals surface area contributed by atoms with E-state index < -0.39 is 18.0 Å². The van der Waals surface area contributed by atoms with Gasteiger partial charge in [0.05, 0.1) is 0 Å². The van der Waals surface area contributed by atoms with Crippen molar-refractivity contribution < 1.29 is 19.1 Å². The minimum atomic E-state index is -0.864. The standard InChI is InChI=1S/C17H22N6O4/c1-10(2)12-6-4-11(5-7-12)8-27-16(25)19-15(24)13-14-20-21-22(3)17(26)23(14)9-18-13/h4,9,12,20-21H,1,5-8H2,2-3H3,(H,19,24,25). The number of imide groups is 1. The molecule has 3 rings (SSSR count). The SMILES string of the molecule is C=C(C)C1CC=C(COC(=O)NC(=O)c2ncn3c2NNN(C)C3=O)CC1. The minimum absolute atomic E-state index is 0.0953. The number of fused-ring (bicyclic) bond motifs is 1. The summed E-state index contributed by atoms with van der Waals surface area (Å²) in [4.78, 5) is 40.0. The predicted molar refractivity (Wildman–Crippen MR) is 96.6 cm³/mol. The zero-order valence-corrected chi connectivity index (χ0v) is 15.2. The second kappa shape index (κ2) is 7.62. The lowest BCUT2D eigenvalue weighted by molar-refractivity contribution is 0.0922. The number of allylic oxidation sites excluding steroid dienone is 2. The van der Waals surface area contributed by atoms with E-state index in [1.807, 2.05) is 6.92 Å². The van der Waals surface area contributed by atoms with E-state index in [0.29, 0.717) is 5.92 Å². The van der Waals surface area contributed by atoms with Crippen LogP contribution in [0.4, 0.5) is 15.4 Å². The Kier molecular flexibility index (Phi) is 5.26. The molecule has 0 saturated heterocycles. The van der Waals surface area contributed by atoms with E-state index in [1.165, 1.54) is 18.4 Å². The number of ether oxygens (including phenoxy) is 1. The average Bonchev–Trinajstić information content (AvgIpc) is 3.08. The van der Waals surface area contributed by atoms with Crippen molar-refractivity contribution in [1.29, 1.82) is 0 Å². The molecule has 144 valence electrons. The molecule has 0 aromatic carbocycles. The first-order chi connectivity index (χ1) is 12.9. The number of rotatable bonds is 4. The maximum atomic E-state index is 12.2. The molecule has 1 atom stereocenters. The van der Waals surface area contributed by atoms with Crippen LogP contribution in [0.3, 0.4) is 0 Å². The molecule has 0 bridgehead atoms. The molecule has 1 aromatic heterocycles. The molecule has 1 unspecified atom stereocenters. The van der Waals surface area contributed by atoms with Crippen LogP contribution >= 0.6 is 0 Å². The Morgan fingerprint density at radius 1 is 1.48 bits per heavy atom. The Morgan fingerprint density at radius 2 is 2.26 bits per heavy atom. The molecule has 10 nitrogen and oxygen atoms in total. The number of hydrazine groups is 2. The van der Waals surface area contributed by atoms with Gasteiger partial charge in [-0.3, -0.25) is 15.5 Å². The first kappa shape index (κ1) is 18.6. The maximum absolute atomic E-state index is 12.2. The molecule has 3 N–H and O–H groups in total. The van der Waals surface area contributed by atoms with E-state index in [0.717, 1.165) is 35.0 Å². The summed E-state index contributed by atoms with van der Waals surface area (Å²) in [6, 6.07) is -0.421. The lowest BCUT2D eigenvalue weighted by Crippen LogP contribution is -2.50. The Bertz CT molecular complexity index is 827. The van der Waals surface area contributed by atoms with Gasteiger partial charge in [-0.1, -0.05) is 18.2 Å². The molecule has 27 heavy (non-hydrogen) atoms. The first-order valence-corrected chi connectivity index (χ1v) is 8.55. The van der Waals surface area contributed by atoms with Crippen LogP contribution in [0.5, 0.6) is 0 Å². The van der Waals surface area contributed by atoms with Crippen molar-refractivity contribution in [2.45, 2.75) is 26.2 Å². The van der Waals surface area contributed by atoms with Gasteiger partial charge in [0.15, 0.2) is 11.5 Å². The number of nitrogens with zero attached hydrogens (tertiary/aromatic N) is 3. The number of carbonyl (C=O) groups excluding carboxylic acids is 3. The number of hydrogen-bond acceptors (Lipinski definition) is 7. The summed E-state index contributed by atoms with van der Waals surface area (Å²) in [7, 11) is 1.51. The number of imidazole rings is 1. The van der Waals surface area contributed by atoms with Crippen molar-refractivity contribution in [2.24, 2.45) is 5.92 Å². The van der Waals surface area contributed by atoms with E-state index in [9.17, 15) is 14.4 Å². The van der Waals surface area contributed by atoms with E-state index in [2.05, 4.69) is 33.9 Å². The molecule has 10 heteroatoms. The van der Waals surface area contributed by atoms with E-state index in [4.69, 9.17) is 4.74 Å². The third-order valence-electron chi connectivity index (χ3n) is 4.62. The van der Waals surface area contributed by atoms with Crippen molar-refractivity contribution in [3.8, 4) is 0 Å². The summed E-state index contributed by atoms with van der Waals surface area (Å²) in [6.45, 7) is 6.12. The van der Waals surface area contributed by atoms with Crippen LogP contribution in [0.25, 0.3) is 0 Å². The number of nitrogens with one attached hydrogen (secondary N) is 3. The molecule has 2 heterocycles. The van der Waals surface area contributed by atoms with Crippen molar-refractivity contribution >= 4 is 23.8 Å². The number of carbonyl (C=O) groups is 3. The molecule has 2 aliphatic rings. The van der Waals surface area contributed by atoms with Gasteiger partial charge in [-0.25, -0.2) is 24.1 Å². The van der Waals surface area contributed by atoms with Crippen LogP contribution in [0.15, 0.2) is 30.1 Å². The number of anilines is 1. The van der Waals surface area contributed by atoms with Gasteiger partial charge in [-0.05, 0) is 37.7 Å². The molecular weight excluding hydrogens is 352 g/mol. The van der Waals surface area contributed by atoms with Gasteiger partial charge < -0.3 is 4.74 Å². The third kappa shape index (κ3) is 4.00. The molecule has 1 aliphatic heterocycles.